The SMILES string of the molecule is OCC(CO)(CO)C(O)(C=Cc1ccccc1)C=Cc1ccccc1.OP(O)OP(O)O. The molecule has 9 nitrogen and oxygen atoms in total. The molecule has 0 spiro atoms. The van der Waals surface area contributed by atoms with Crippen LogP contribution in [0.2, 0.25) is 0 Å². The zero-order valence-corrected chi connectivity index (χ0v) is 18.9. The van der Waals surface area contributed by atoms with Gasteiger partial charge in [-0.15, -0.1) is 0 Å². The van der Waals surface area contributed by atoms with Crippen LogP contribution in [0.15, 0.2) is 72.8 Å². The number of hydrogen-bond acceptors (Lipinski definition) is 9. The van der Waals surface area contributed by atoms with Gasteiger partial charge >= 0.3 is 17.2 Å². The van der Waals surface area contributed by atoms with Gasteiger partial charge in [-0.05, 0) is 23.3 Å². The minimum atomic E-state index is -2.61. The highest BCUT2D eigenvalue weighted by molar-refractivity contribution is 7.53. The smallest absolute Gasteiger partial charge is 0.334 e. The molecule has 0 aromatic heterocycles. The molecule has 0 amide bonds. The van der Waals surface area contributed by atoms with Crippen LogP contribution in [0.25, 0.3) is 12.2 Å². The van der Waals surface area contributed by atoms with Crippen molar-refractivity contribution in [2.24, 2.45) is 5.41 Å². The van der Waals surface area contributed by atoms with Crippen LogP contribution in [0.4, 0.5) is 0 Å². The van der Waals surface area contributed by atoms with E-state index in [0.29, 0.717) is 0 Å². The van der Waals surface area contributed by atoms with Gasteiger partial charge < -0.3 is 40.0 Å². The number of aliphatic hydroxyl groups is 4. The van der Waals surface area contributed by atoms with Gasteiger partial charge in [0.05, 0.1) is 25.2 Å². The highest BCUT2D eigenvalue weighted by atomic mass is 31.2. The number of hydrogen-bond donors (Lipinski definition) is 8. The van der Waals surface area contributed by atoms with Crippen LogP contribution in [0.5, 0.6) is 0 Å². The van der Waals surface area contributed by atoms with E-state index in [9.17, 15) is 20.4 Å². The van der Waals surface area contributed by atoms with E-state index in [1.165, 1.54) is 12.2 Å². The second-order valence-electron chi connectivity index (χ2n) is 6.66. The van der Waals surface area contributed by atoms with Gasteiger partial charge in [0.2, 0.25) is 0 Å². The molecule has 2 rings (SSSR count). The van der Waals surface area contributed by atoms with E-state index in [1.807, 2.05) is 60.7 Å². The number of aliphatic hydroxyl groups excluding tert-OH is 3. The Hall–Kier alpha value is -1.58. The molecule has 0 fully saturated rings. The third kappa shape index (κ3) is 9.11. The maximum atomic E-state index is 11.2. The first-order valence-electron chi connectivity index (χ1n) is 9.29. The maximum Gasteiger partial charge on any atom is 0.334 e. The minimum Gasteiger partial charge on any atom is -0.395 e. The molecule has 0 aliphatic heterocycles. The predicted octanol–water partition coefficient (Wildman–Crippen LogP) is 1.53. The summed E-state index contributed by atoms with van der Waals surface area (Å²) in [6.45, 7) is -1.72. The highest BCUT2D eigenvalue weighted by Gasteiger charge is 2.46. The van der Waals surface area contributed by atoms with Crippen LogP contribution >= 0.6 is 17.2 Å². The predicted molar refractivity (Wildman–Crippen MR) is 123 cm³/mol. The van der Waals surface area contributed by atoms with Gasteiger partial charge in [-0.25, -0.2) is 4.31 Å². The molecule has 0 saturated heterocycles. The molecule has 0 radical (unpaired) electrons. The van der Waals surface area contributed by atoms with E-state index >= 15 is 0 Å². The molecule has 176 valence electrons. The van der Waals surface area contributed by atoms with E-state index in [2.05, 4.69) is 4.31 Å². The first-order chi connectivity index (χ1) is 15.2. The summed E-state index contributed by atoms with van der Waals surface area (Å²) in [6, 6.07) is 18.7. The standard InChI is InChI=1S/C21H24O4.H4O5P2/c22-15-20(16-23,17-24)21(25,13-11-18-7-3-1-4-8-18)14-12-19-9-5-2-6-10-19;1-6(2)5-7(3)4/h1-14,22-25H,15-17H2;1-4H. The summed E-state index contributed by atoms with van der Waals surface area (Å²) in [5.41, 5.74) is -1.53. The van der Waals surface area contributed by atoms with Crippen molar-refractivity contribution in [3.8, 4) is 0 Å². The zero-order valence-electron chi connectivity index (χ0n) is 17.1. The van der Waals surface area contributed by atoms with Gasteiger partial charge in [0.25, 0.3) is 0 Å². The van der Waals surface area contributed by atoms with Gasteiger partial charge in [0, 0.05) is 0 Å². The third-order valence-electron chi connectivity index (χ3n) is 4.56. The molecule has 2 aromatic rings. The number of rotatable bonds is 10. The molecule has 0 heterocycles. The van der Waals surface area contributed by atoms with Crippen LogP contribution in [-0.2, 0) is 4.31 Å². The molecule has 2 aromatic carbocycles. The summed E-state index contributed by atoms with van der Waals surface area (Å²) in [6.07, 6.45) is 6.38. The molecule has 0 unspecified atom stereocenters. The van der Waals surface area contributed by atoms with Crippen molar-refractivity contribution in [2.75, 3.05) is 19.8 Å². The van der Waals surface area contributed by atoms with Crippen LogP contribution in [0.1, 0.15) is 11.1 Å². The Balaban J connectivity index is 0.000000633. The molecule has 11 heteroatoms. The quantitative estimate of drug-likeness (QED) is 0.232. The molecule has 0 bridgehead atoms. The van der Waals surface area contributed by atoms with Gasteiger partial charge in [0.1, 0.15) is 5.60 Å². The van der Waals surface area contributed by atoms with E-state index in [0.717, 1.165) is 11.1 Å². The average Bonchev–Trinajstić information content (AvgIpc) is 2.79. The molecule has 8 N–H and O–H groups in total. The Morgan fingerprint density at radius 1 is 0.656 bits per heavy atom. The van der Waals surface area contributed by atoms with Crippen LogP contribution in [0.3, 0.4) is 0 Å². The summed E-state index contributed by atoms with van der Waals surface area (Å²) in [5, 5.41) is 40.5. The highest BCUT2D eigenvalue weighted by Crippen LogP contribution is 2.41. The Morgan fingerprint density at radius 3 is 1.25 bits per heavy atom. The fourth-order valence-corrected chi connectivity index (χ4v) is 3.10. The van der Waals surface area contributed by atoms with Crippen LogP contribution < -0.4 is 0 Å². The summed E-state index contributed by atoms with van der Waals surface area (Å²) in [7, 11) is -5.22. The van der Waals surface area contributed by atoms with E-state index < -0.39 is 48.0 Å². The summed E-state index contributed by atoms with van der Waals surface area (Å²) in [5.74, 6) is 0. The first kappa shape index (κ1) is 28.5. The fraction of sp³-hybridized carbons (Fsp3) is 0.238. The van der Waals surface area contributed by atoms with Crippen molar-refractivity contribution in [1.82, 2.24) is 0 Å². The Kier molecular flexibility index (Phi) is 12.9. The maximum absolute atomic E-state index is 11.2. The molecule has 0 atom stereocenters. The molecule has 32 heavy (non-hydrogen) atoms. The summed E-state index contributed by atoms with van der Waals surface area (Å²) < 4.78 is 3.60. The summed E-state index contributed by atoms with van der Waals surface area (Å²) >= 11 is 0. The van der Waals surface area contributed by atoms with Crippen molar-refractivity contribution in [3.05, 3.63) is 83.9 Å². The lowest BCUT2D eigenvalue weighted by atomic mass is 9.72. The molecular formula is C21H28O9P2. The lowest BCUT2D eigenvalue weighted by molar-refractivity contribution is -0.101. The third-order valence-corrected chi connectivity index (χ3v) is 5.73. The Bertz CT molecular complexity index is 747. The second-order valence-corrected chi connectivity index (χ2v) is 8.32. The second kappa shape index (κ2) is 14.5. The van der Waals surface area contributed by atoms with Gasteiger partial charge in [0.15, 0.2) is 0 Å². The normalized spacial score (nSPS) is 14.1. The lowest BCUT2D eigenvalue weighted by Crippen LogP contribution is -2.53. The molecule has 0 saturated carbocycles. The average molecular weight is 486 g/mol. The first-order valence-corrected chi connectivity index (χ1v) is 11.6. The van der Waals surface area contributed by atoms with Crippen molar-refractivity contribution in [2.45, 2.75) is 5.60 Å². The molecule has 0 aliphatic carbocycles. The largest absolute Gasteiger partial charge is 0.395 e. The van der Waals surface area contributed by atoms with E-state index in [1.54, 1.807) is 12.2 Å². The molecular weight excluding hydrogens is 458 g/mol. The van der Waals surface area contributed by atoms with Crippen molar-refractivity contribution < 1.29 is 44.3 Å². The number of benzene rings is 2. The zero-order chi connectivity index (χ0) is 24.0. The van der Waals surface area contributed by atoms with Crippen molar-refractivity contribution in [3.63, 3.8) is 0 Å². The topological polar surface area (TPSA) is 171 Å². The summed E-state index contributed by atoms with van der Waals surface area (Å²) in [4.78, 5) is 31.3. The van der Waals surface area contributed by atoms with Crippen molar-refractivity contribution >= 4 is 29.4 Å². The molecule has 0 aliphatic rings. The Labute approximate surface area is 188 Å². The van der Waals surface area contributed by atoms with Crippen LogP contribution in [-0.4, -0.2) is 65.4 Å². The van der Waals surface area contributed by atoms with E-state index in [4.69, 9.17) is 19.6 Å². The van der Waals surface area contributed by atoms with Crippen LogP contribution in [0, 0.1) is 5.41 Å². The fourth-order valence-electron chi connectivity index (χ4n) is 2.58. The van der Waals surface area contributed by atoms with Crippen molar-refractivity contribution in [1.29, 1.82) is 0 Å². The van der Waals surface area contributed by atoms with Gasteiger partial charge in [-0.3, -0.25) is 0 Å². The van der Waals surface area contributed by atoms with E-state index in [-0.39, 0.29) is 0 Å². The Morgan fingerprint density at radius 2 is 1.00 bits per heavy atom. The monoisotopic (exact) mass is 486 g/mol. The van der Waals surface area contributed by atoms with Gasteiger partial charge in [-0.1, -0.05) is 72.8 Å². The lowest BCUT2D eigenvalue weighted by Gasteiger charge is -2.40. The van der Waals surface area contributed by atoms with Gasteiger partial charge in [-0.2, -0.15) is 0 Å². The minimum absolute atomic E-state index is 0.575.